The summed E-state index contributed by atoms with van der Waals surface area (Å²) in [6.45, 7) is 6.94. The summed E-state index contributed by atoms with van der Waals surface area (Å²) in [7, 11) is 1.71. The van der Waals surface area contributed by atoms with Gasteiger partial charge in [-0.2, -0.15) is 0 Å². The maximum Gasteiger partial charge on any atom is 0.123 e. The molecule has 0 aliphatic rings. The first-order chi connectivity index (χ1) is 7.74. The van der Waals surface area contributed by atoms with Crippen molar-refractivity contribution in [2.24, 2.45) is 5.73 Å². The smallest absolute Gasteiger partial charge is 0.123 e. The molecule has 0 aromatic heterocycles. The van der Waals surface area contributed by atoms with E-state index < -0.39 is 0 Å². The van der Waals surface area contributed by atoms with Crippen molar-refractivity contribution >= 4 is 0 Å². The van der Waals surface area contributed by atoms with Crippen molar-refractivity contribution in [1.29, 1.82) is 0 Å². The predicted octanol–water partition coefficient (Wildman–Crippen LogP) is 2.04. The fourth-order valence-electron chi connectivity index (χ4n) is 2.00. The molecule has 0 fully saturated rings. The molecule has 0 aliphatic carbocycles. The van der Waals surface area contributed by atoms with Crippen LogP contribution < -0.4 is 10.5 Å². The second-order valence-corrected chi connectivity index (χ2v) is 3.84. The summed E-state index contributed by atoms with van der Waals surface area (Å²) in [6.07, 6.45) is 0. The molecule has 0 aliphatic heterocycles. The van der Waals surface area contributed by atoms with Crippen LogP contribution >= 0.6 is 0 Å². The van der Waals surface area contributed by atoms with Crippen molar-refractivity contribution < 1.29 is 4.74 Å². The molecular weight excluding hydrogens is 200 g/mol. The Bertz CT molecular complexity index is 315. The van der Waals surface area contributed by atoms with E-state index in [1.165, 1.54) is 5.56 Å². The first-order valence-electron chi connectivity index (χ1n) is 5.81. The van der Waals surface area contributed by atoms with Gasteiger partial charge in [0, 0.05) is 24.7 Å². The number of likely N-dealkylation sites (N-methyl/N-ethyl adjacent to an activating group) is 1. The third kappa shape index (κ3) is 2.97. The monoisotopic (exact) mass is 222 g/mol. The molecule has 3 nitrogen and oxygen atoms in total. The van der Waals surface area contributed by atoms with Crippen LogP contribution in [0, 0.1) is 0 Å². The molecule has 0 heterocycles. The molecule has 2 N–H and O–H groups in total. The van der Waals surface area contributed by atoms with Crippen molar-refractivity contribution in [1.82, 2.24) is 4.90 Å². The molecule has 0 radical (unpaired) electrons. The highest BCUT2D eigenvalue weighted by molar-refractivity contribution is 5.35. The Hall–Kier alpha value is -1.06. The van der Waals surface area contributed by atoms with E-state index >= 15 is 0 Å². The SMILES string of the molecule is CCN(CCN)[C@@H](C)c1ccccc1OC. The van der Waals surface area contributed by atoms with Crippen LogP contribution in [0.5, 0.6) is 5.75 Å². The quantitative estimate of drug-likeness (QED) is 0.800. The first kappa shape index (κ1) is 13.0. The van der Waals surface area contributed by atoms with Gasteiger partial charge in [-0.25, -0.2) is 0 Å². The molecule has 90 valence electrons. The van der Waals surface area contributed by atoms with E-state index in [2.05, 4.69) is 24.8 Å². The van der Waals surface area contributed by atoms with Crippen LogP contribution in [-0.4, -0.2) is 31.6 Å². The predicted molar refractivity (Wildman–Crippen MR) is 67.7 cm³/mol. The molecule has 0 amide bonds. The Balaban J connectivity index is 2.88. The van der Waals surface area contributed by atoms with E-state index in [-0.39, 0.29) is 0 Å². The minimum absolute atomic E-state index is 0.338. The van der Waals surface area contributed by atoms with Crippen LogP contribution in [0.3, 0.4) is 0 Å². The van der Waals surface area contributed by atoms with Crippen molar-refractivity contribution in [2.45, 2.75) is 19.9 Å². The van der Waals surface area contributed by atoms with E-state index in [1.807, 2.05) is 18.2 Å². The van der Waals surface area contributed by atoms with Crippen molar-refractivity contribution in [3.63, 3.8) is 0 Å². The average Bonchev–Trinajstić information content (AvgIpc) is 2.35. The number of rotatable bonds is 6. The third-order valence-electron chi connectivity index (χ3n) is 2.96. The van der Waals surface area contributed by atoms with E-state index in [4.69, 9.17) is 10.5 Å². The van der Waals surface area contributed by atoms with Gasteiger partial charge in [0.25, 0.3) is 0 Å². The Morgan fingerprint density at radius 2 is 2.06 bits per heavy atom. The maximum absolute atomic E-state index is 5.62. The lowest BCUT2D eigenvalue weighted by atomic mass is 10.1. The van der Waals surface area contributed by atoms with Gasteiger partial charge < -0.3 is 10.5 Å². The van der Waals surface area contributed by atoms with Crippen molar-refractivity contribution in [3.8, 4) is 5.75 Å². The van der Waals surface area contributed by atoms with Gasteiger partial charge in [0.2, 0.25) is 0 Å². The Morgan fingerprint density at radius 1 is 1.38 bits per heavy atom. The van der Waals surface area contributed by atoms with Crippen LogP contribution in [0.4, 0.5) is 0 Å². The van der Waals surface area contributed by atoms with Crippen molar-refractivity contribution in [2.75, 3.05) is 26.7 Å². The summed E-state index contributed by atoms with van der Waals surface area (Å²) in [5, 5.41) is 0. The molecule has 0 saturated carbocycles. The molecule has 1 atom stereocenters. The van der Waals surface area contributed by atoms with Crippen molar-refractivity contribution in [3.05, 3.63) is 29.8 Å². The summed E-state index contributed by atoms with van der Waals surface area (Å²) >= 11 is 0. The summed E-state index contributed by atoms with van der Waals surface area (Å²) in [4.78, 5) is 2.35. The highest BCUT2D eigenvalue weighted by Gasteiger charge is 2.16. The lowest BCUT2D eigenvalue weighted by molar-refractivity contribution is 0.224. The maximum atomic E-state index is 5.62. The van der Waals surface area contributed by atoms with Crippen LogP contribution in [0.2, 0.25) is 0 Å². The Morgan fingerprint density at radius 3 is 2.62 bits per heavy atom. The minimum Gasteiger partial charge on any atom is -0.496 e. The topological polar surface area (TPSA) is 38.5 Å². The zero-order valence-electron chi connectivity index (χ0n) is 10.4. The lowest BCUT2D eigenvalue weighted by Gasteiger charge is -2.28. The summed E-state index contributed by atoms with van der Waals surface area (Å²) in [5.74, 6) is 0.950. The molecule has 0 spiro atoms. The number of para-hydroxylation sites is 1. The van der Waals surface area contributed by atoms with E-state index in [0.29, 0.717) is 12.6 Å². The highest BCUT2D eigenvalue weighted by Crippen LogP contribution is 2.28. The van der Waals surface area contributed by atoms with E-state index in [1.54, 1.807) is 7.11 Å². The fourth-order valence-corrected chi connectivity index (χ4v) is 2.00. The highest BCUT2D eigenvalue weighted by atomic mass is 16.5. The van der Waals surface area contributed by atoms with Crippen LogP contribution in [0.15, 0.2) is 24.3 Å². The second-order valence-electron chi connectivity index (χ2n) is 3.84. The number of methoxy groups -OCH3 is 1. The zero-order chi connectivity index (χ0) is 12.0. The van der Waals surface area contributed by atoms with Gasteiger partial charge in [0.1, 0.15) is 5.75 Å². The molecule has 1 aromatic rings. The molecule has 0 unspecified atom stereocenters. The van der Waals surface area contributed by atoms with Gasteiger partial charge in [-0.1, -0.05) is 25.1 Å². The lowest BCUT2D eigenvalue weighted by Crippen LogP contribution is -2.32. The molecule has 1 aromatic carbocycles. The summed E-state index contributed by atoms with van der Waals surface area (Å²) < 4.78 is 5.38. The second kappa shape index (κ2) is 6.51. The summed E-state index contributed by atoms with van der Waals surface area (Å²) in [5.41, 5.74) is 6.84. The number of hydrogen-bond acceptors (Lipinski definition) is 3. The standard InChI is InChI=1S/C13H22N2O/c1-4-15(10-9-14)11(2)12-7-5-6-8-13(12)16-3/h5-8,11H,4,9-10,14H2,1-3H3/t11-/m0/s1. The van der Waals surface area contributed by atoms with Gasteiger partial charge in [-0.3, -0.25) is 4.90 Å². The average molecular weight is 222 g/mol. The van der Waals surface area contributed by atoms with E-state index in [9.17, 15) is 0 Å². The number of ether oxygens (including phenoxy) is 1. The Kier molecular flexibility index (Phi) is 5.29. The van der Waals surface area contributed by atoms with Gasteiger partial charge in [0.05, 0.1) is 7.11 Å². The molecular formula is C13H22N2O. The normalized spacial score (nSPS) is 12.8. The third-order valence-corrected chi connectivity index (χ3v) is 2.96. The van der Waals surface area contributed by atoms with Gasteiger partial charge >= 0.3 is 0 Å². The molecule has 0 saturated heterocycles. The Labute approximate surface area is 98.2 Å². The van der Waals surface area contributed by atoms with E-state index in [0.717, 1.165) is 18.8 Å². The number of nitrogens with two attached hydrogens (primary N) is 1. The van der Waals surface area contributed by atoms with Gasteiger partial charge in [0.15, 0.2) is 0 Å². The van der Waals surface area contributed by atoms with Crippen LogP contribution in [-0.2, 0) is 0 Å². The number of benzene rings is 1. The van der Waals surface area contributed by atoms with Crippen LogP contribution in [0.1, 0.15) is 25.5 Å². The molecule has 3 heteroatoms. The largest absolute Gasteiger partial charge is 0.496 e. The summed E-state index contributed by atoms with van der Waals surface area (Å²) in [6, 6.07) is 8.49. The molecule has 0 bridgehead atoms. The fraction of sp³-hybridized carbons (Fsp3) is 0.538. The number of hydrogen-bond donors (Lipinski definition) is 1. The molecule has 16 heavy (non-hydrogen) atoms. The first-order valence-corrected chi connectivity index (χ1v) is 5.81. The number of nitrogens with zero attached hydrogens (tertiary/aromatic N) is 1. The zero-order valence-corrected chi connectivity index (χ0v) is 10.4. The van der Waals surface area contributed by atoms with Crippen LogP contribution in [0.25, 0.3) is 0 Å². The van der Waals surface area contributed by atoms with Gasteiger partial charge in [-0.15, -0.1) is 0 Å². The minimum atomic E-state index is 0.338. The van der Waals surface area contributed by atoms with Gasteiger partial charge in [-0.05, 0) is 19.5 Å². The molecule has 1 rings (SSSR count).